The third kappa shape index (κ3) is 3.52. The van der Waals surface area contributed by atoms with Crippen LogP contribution in [0.5, 0.6) is 0 Å². The highest BCUT2D eigenvalue weighted by atomic mass is 16.1. The number of carbonyl (C=O) groups is 1. The zero-order chi connectivity index (χ0) is 15.2. The second-order valence-electron chi connectivity index (χ2n) is 5.11. The summed E-state index contributed by atoms with van der Waals surface area (Å²) in [7, 11) is 1.77. The van der Waals surface area contributed by atoms with Gasteiger partial charge in [-0.25, -0.2) is 0 Å². The van der Waals surface area contributed by atoms with E-state index in [4.69, 9.17) is 5.73 Å². The number of nitrogens with two attached hydrogens (primary N) is 1. The molecule has 0 aliphatic heterocycles. The topological polar surface area (TPSA) is 58.4 Å². The van der Waals surface area contributed by atoms with E-state index in [1.165, 1.54) is 16.5 Å². The molecule has 0 spiro atoms. The first kappa shape index (κ1) is 15.3. The van der Waals surface area contributed by atoms with Crippen molar-refractivity contribution in [1.29, 1.82) is 0 Å². The number of fused-ring (bicyclic) bond motifs is 1. The van der Waals surface area contributed by atoms with Gasteiger partial charge in [-0.05, 0) is 31.8 Å². The van der Waals surface area contributed by atoms with E-state index >= 15 is 0 Å². The van der Waals surface area contributed by atoms with E-state index < -0.39 is 0 Å². The van der Waals surface area contributed by atoms with Crippen LogP contribution in [0.15, 0.2) is 42.5 Å². The number of carbonyl (C=O) groups excluding carboxylic acids is 1. The number of hydrogen-bond donors (Lipinski definition) is 2. The maximum atomic E-state index is 11.3. The highest BCUT2D eigenvalue weighted by molar-refractivity contribution is 5.94. The summed E-state index contributed by atoms with van der Waals surface area (Å²) < 4.78 is 0. The number of amides is 1. The molecule has 1 amide bonds. The number of primary amides is 1. The number of hydrogen-bond acceptors (Lipinski definition) is 3. The fraction of sp³-hybridized carbons (Fsp3) is 0.353. The van der Waals surface area contributed by atoms with Crippen molar-refractivity contribution in [1.82, 2.24) is 5.32 Å². The summed E-state index contributed by atoms with van der Waals surface area (Å²) in [5.74, 6) is -0.300. The number of rotatable bonds is 7. The molecule has 2 aromatic rings. The van der Waals surface area contributed by atoms with Crippen LogP contribution >= 0.6 is 0 Å². The Morgan fingerprint density at radius 1 is 1.24 bits per heavy atom. The van der Waals surface area contributed by atoms with Crippen molar-refractivity contribution in [2.24, 2.45) is 5.73 Å². The number of likely N-dealkylation sites (N-methyl/N-ethyl adjacent to an activating group) is 1. The van der Waals surface area contributed by atoms with Crippen molar-refractivity contribution in [3.63, 3.8) is 0 Å². The molecule has 3 N–H and O–H groups in total. The Hall–Kier alpha value is -2.07. The predicted molar refractivity (Wildman–Crippen MR) is 88.5 cm³/mol. The zero-order valence-electron chi connectivity index (χ0n) is 12.7. The van der Waals surface area contributed by atoms with Crippen LogP contribution in [0, 0.1) is 0 Å². The van der Waals surface area contributed by atoms with Crippen LogP contribution in [0.25, 0.3) is 10.8 Å². The first-order chi connectivity index (χ1) is 10.2. The minimum atomic E-state index is -0.300. The van der Waals surface area contributed by atoms with E-state index in [-0.39, 0.29) is 11.9 Å². The number of nitrogens with one attached hydrogen (secondary N) is 1. The van der Waals surface area contributed by atoms with Crippen molar-refractivity contribution >= 4 is 22.4 Å². The summed E-state index contributed by atoms with van der Waals surface area (Å²) in [5, 5.41) is 5.44. The summed E-state index contributed by atoms with van der Waals surface area (Å²) in [5.41, 5.74) is 6.59. The maximum absolute atomic E-state index is 11.3. The lowest BCUT2D eigenvalue weighted by Crippen LogP contribution is -2.41. The van der Waals surface area contributed by atoms with Crippen molar-refractivity contribution in [3.05, 3.63) is 42.5 Å². The molecule has 0 fully saturated rings. The molecule has 2 rings (SSSR count). The molecule has 4 heteroatoms. The highest BCUT2D eigenvalue weighted by Gasteiger charge is 2.15. The molecule has 0 radical (unpaired) electrons. The van der Waals surface area contributed by atoms with E-state index in [9.17, 15) is 4.79 Å². The largest absolute Gasteiger partial charge is 0.371 e. The van der Waals surface area contributed by atoms with Crippen molar-refractivity contribution in [2.75, 3.05) is 25.0 Å². The molecule has 0 aliphatic carbocycles. The van der Waals surface area contributed by atoms with E-state index in [0.717, 1.165) is 13.1 Å². The third-order valence-electron chi connectivity index (χ3n) is 3.87. The second-order valence-corrected chi connectivity index (χ2v) is 5.11. The van der Waals surface area contributed by atoms with Gasteiger partial charge >= 0.3 is 0 Å². The van der Waals surface area contributed by atoms with Crippen LogP contribution in [0.4, 0.5) is 5.69 Å². The van der Waals surface area contributed by atoms with Crippen molar-refractivity contribution in [2.45, 2.75) is 19.4 Å². The van der Waals surface area contributed by atoms with Crippen LogP contribution in [0.2, 0.25) is 0 Å². The molecular weight excluding hydrogens is 262 g/mol. The summed E-state index contributed by atoms with van der Waals surface area (Å²) in [6.45, 7) is 3.81. The van der Waals surface area contributed by atoms with Crippen LogP contribution in [0.1, 0.15) is 13.3 Å². The average molecular weight is 285 g/mol. The van der Waals surface area contributed by atoms with Gasteiger partial charge in [0.25, 0.3) is 0 Å². The Morgan fingerprint density at radius 3 is 2.62 bits per heavy atom. The second kappa shape index (κ2) is 7.09. The van der Waals surface area contributed by atoms with Gasteiger partial charge in [0.05, 0.1) is 6.04 Å². The molecule has 1 unspecified atom stereocenters. The molecular formula is C17H23N3O. The van der Waals surface area contributed by atoms with Gasteiger partial charge in [-0.15, -0.1) is 0 Å². The van der Waals surface area contributed by atoms with Gasteiger partial charge in [-0.1, -0.05) is 36.4 Å². The van der Waals surface area contributed by atoms with Gasteiger partial charge in [0.2, 0.25) is 5.91 Å². The summed E-state index contributed by atoms with van der Waals surface area (Å²) in [6.07, 6.45) is 0.697. The molecule has 0 saturated heterocycles. The van der Waals surface area contributed by atoms with Gasteiger partial charge in [0.1, 0.15) is 0 Å². The summed E-state index contributed by atoms with van der Waals surface area (Å²) >= 11 is 0. The predicted octanol–water partition coefficient (Wildman–Crippen LogP) is 2.13. The summed E-state index contributed by atoms with van der Waals surface area (Å²) in [4.78, 5) is 13.6. The lowest BCUT2D eigenvalue weighted by atomic mass is 10.1. The molecule has 0 heterocycles. The van der Waals surface area contributed by atoms with Crippen LogP contribution in [-0.4, -0.2) is 32.1 Å². The van der Waals surface area contributed by atoms with E-state index in [2.05, 4.69) is 53.5 Å². The van der Waals surface area contributed by atoms with Crippen molar-refractivity contribution < 1.29 is 4.79 Å². The van der Waals surface area contributed by atoms with Gasteiger partial charge in [-0.2, -0.15) is 0 Å². The van der Waals surface area contributed by atoms with Crippen LogP contribution < -0.4 is 16.0 Å². The van der Waals surface area contributed by atoms with Crippen LogP contribution in [-0.2, 0) is 4.79 Å². The molecule has 1 atom stereocenters. The molecule has 2 aromatic carbocycles. The van der Waals surface area contributed by atoms with Crippen molar-refractivity contribution in [3.8, 4) is 0 Å². The number of benzene rings is 2. The monoisotopic (exact) mass is 285 g/mol. The molecule has 0 aromatic heterocycles. The average Bonchev–Trinajstić information content (AvgIpc) is 2.51. The Bertz CT molecular complexity index is 607. The Labute approximate surface area is 125 Å². The zero-order valence-corrected chi connectivity index (χ0v) is 12.7. The molecule has 21 heavy (non-hydrogen) atoms. The fourth-order valence-corrected chi connectivity index (χ4v) is 2.65. The number of anilines is 1. The Balaban J connectivity index is 2.22. The first-order valence-corrected chi connectivity index (χ1v) is 7.36. The molecule has 0 aliphatic rings. The Morgan fingerprint density at radius 2 is 1.95 bits per heavy atom. The van der Waals surface area contributed by atoms with Gasteiger partial charge in [0, 0.05) is 24.2 Å². The standard InChI is InChI=1S/C17H23N3O/c1-3-20(12-11-15(19-2)17(18)21)16-10-6-8-13-7-4-5-9-14(13)16/h4-10,15,19H,3,11-12H2,1-2H3,(H2,18,21). The van der Waals surface area contributed by atoms with E-state index in [0.29, 0.717) is 6.42 Å². The van der Waals surface area contributed by atoms with Gasteiger partial charge in [-0.3, -0.25) is 4.79 Å². The van der Waals surface area contributed by atoms with Gasteiger partial charge in [0.15, 0.2) is 0 Å². The molecule has 112 valence electrons. The minimum Gasteiger partial charge on any atom is -0.371 e. The Kier molecular flexibility index (Phi) is 5.17. The molecule has 0 saturated carbocycles. The lowest BCUT2D eigenvalue weighted by Gasteiger charge is -2.26. The normalized spacial score (nSPS) is 12.3. The third-order valence-corrected chi connectivity index (χ3v) is 3.87. The molecule has 4 nitrogen and oxygen atoms in total. The first-order valence-electron chi connectivity index (χ1n) is 7.36. The SMILES string of the molecule is CCN(CCC(NC)C(N)=O)c1cccc2ccccc12. The minimum absolute atomic E-state index is 0.283. The lowest BCUT2D eigenvalue weighted by molar-refractivity contribution is -0.120. The van der Waals surface area contributed by atoms with Crippen LogP contribution in [0.3, 0.4) is 0 Å². The van der Waals surface area contributed by atoms with E-state index in [1.54, 1.807) is 7.05 Å². The smallest absolute Gasteiger partial charge is 0.234 e. The van der Waals surface area contributed by atoms with Gasteiger partial charge < -0.3 is 16.0 Å². The van der Waals surface area contributed by atoms with E-state index in [1.807, 2.05) is 6.07 Å². The fourth-order valence-electron chi connectivity index (χ4n) is 2.65. The highest BCUT2D eigenvalue weighted by Crippen LogP contribution is 2.26. The maximum Gasteiger partial charge on any atom is 0.234 e. The number of nitrogens with zero attached hydrogens (tertiary/aromatic N) is 1. The quantitative estimate of drug-likeness (QED) is 0.819. The molecule has 0 bridgehead atoms. The summed E-state index contributed by atoms with van der Waals surface area (Å²) in [6, 6.07) is 14.4.